The molecule has 1 heterocycles. The molecule has 2 aromatic rings. The molecule has 0 fully saturated rings. The second kappa shape index (κ2) is 8.79. The number of amides is 2. The van der Waals surface area contributed by atoms with Gasteiger partial charge in [0.2, 0.25) is 0 Å². The van der Waals surface area contributed by atoms with E-state index in [1.54, 1.807) is 18.2 Å². The zero-order valence-corrected chi connectivity index (χ0v) is 14.2. The summed E-state index contributed by atoms with van der Waals surface area (Å²) >= 11 is 5.63. The summed E-state index contributed by atoms with van der Waals surface area (Å²) in [6.45, 7) is 1.85. The van der Waals surface area contributed by atoms with E-state index in [1.165, 1.54) is 24.4 Å². The van der Waals surface area contributed by atoms with E-state index >= 15 is 0 Å². The van der Waals surface area contributed by atoms with Crippen molar-refractivity contribution in [2.75, 3.05) is 18.5 Å². The van der Waals surface area contributed by atoms with Crippen LogP contribution in [-0.4, -0.2) is 35.9 Å². The molecule has 0 bridgehead atoms. The van der Waals surface area contributed by atoms with E-state index in [1.807, 2.05) is 6.92 Å². The van der Waals surface area contributed by atoms with Gasteiger partial charge in [0.1, 0.15) is 5.15 Å². The highest BCUT2D eigenvalue weighted by Crippen LogP contribution is 2.11. The molecule has 0 radical (unpaired) electrons. The number of anilines is 1. The smallest absolute Gasteiger partial charge is 0.340 e. The number of esters is 1. The van der Waals surface area contributed by atoms with Gasteiger partial charge in [0.25, 0.3) is 11.8 Å². The van der Waals surface area contributed by atoms with Gasteiger partial charge in [0.15, 0.2) is 6.61 Å². The van der Waals surface area contributed by atoms with Gasteiger partial charge in [-0.3, -0.25) is 9.59 Å². The Morgan fingerprint density at radius 3 is 2.64 bits per heavy atom. The molecule has 2 N–H and O–H groups in total. The summed E-state index contributed by atoms with van der Waals surface area (Å²) in [6.07, 6.45) is 1.26. The molecule has 0 aliphatic heterocycles. The molecular formula is C17H16ClN3O4. The van der Waals surface area contributed by atoms with Crippen LogP contribution in [0.2, 0.25) is 5.15 Å². The maximum Gasteiger partial charge on any atom is 0.340 e. The molecule has 0 spiro atoms. The van der Waals surface area contributed by atoms with Crippen LogP contribution in [0.25, 0.3) is 0 Å². The van der Waals surface area contributed by atoms with Crippen LogP contribution in [0.5, 0.6) is 0 Å². The van der Waals surface area contributed by atoms with Gasteiger partial charge in [0, 0.05) is 24.0 Å². The number of benzene rings is 1. The van der Waals surface area contributed by atoms with Gasteiger partial charge in [-0.1, -0.05) is 17.7 Å². The van der Waals surface area contributed by atoms with Crippen LogP contribution in [-0.2, 0) is 9.53 Å². The molecule has 2 rings (SSSR count). The molecule has 0 saturated heterocycles. The summed E-state index contributed by atoms with van der Waals surface area (Å²) in [5.41, 5.74) is 1.04. The molecule has 130 valence electrons. The second-order valence-electron chi connectivity index (χ2n) is 4.93. The zero-order valence-electron chi connectivity index (χ0n) is 13.4. The average Bonchev–Trinajstić information content (AvgIpc) is 2.61. The summed E-state index contributed by atoms with van der Waals surface area (Å²) in [4.78, 5) is 39.2. The Labute approximate surface area is 149 Å². The Bertz CT molecular complexity index is 778. The summed E-state index contributed by atoms with van der Waals surface area (Å²) in [5, 5.41) is 5.48. The molecule has 8 heteroatoms. The van der Waals surface area contributed by atoms with E-state index in [0.29, 0.717) is 17.8 Å². The first-order valence-electron chi connectivity index (χ1n) is 7.46. The highest BCUT2D eigenvalue weighted by atomic mass is 35.5. The van der Waals surface area contributed by atoms with Crippen molar-refractivity contribution in [3.63, 3.8) is 0 Å². The Balaban J connectivity index is 1.90. The Morgan fingerprint density at radius 2 is 1.96 bits per heavy atom. The number of pyridine rings is 1. The Kier molecular flexibility index (Phi) is 6.47. The van der Waals surface area contributed by atoms with Crippen LogP contribution in [0.4, 0.5) is 5.69 Å². The van der Waals surface area contributed by atoms with Gasteiger partial charge in [-0.25, -0.2) is 9.78 Å². The molecule has 25 heavy (non-hydrogen) atoms. The summed E-state index contributed by atoms with van der Waals surface area (Å²) < 4.78 is 4.90. The van der Waals surface area contributed by atoms with Crippen LogP contribution >= 0.6 is 11.6 Å². The number of rotatable bonds is 6. The third kappa shape index (κ3) is 5.58. The van der Waals surface area contributed by atoms with Crippen molar-refractivity contribution in [3.05, 3.63) is 58.9 Å². The van der Waals surface area contributed by atoms with Gasteiger partial charge in [-0.05, 0) is 37.3 Å². The third-order valence-electron chi connectivity index (χ3n) is 3.04. The molecule has 0 aliphatic carbocycles. The topological polar surface area (TPSA) is 97.4 Å². The fourth-order valence-electron chi connectivity index (χ4n) is 1.91. The SMILES string of the molecule is CCNC(=O)c1cccc(NC(=O)COC(=O)c2ccc(Cl)nc2)c1. The van der Waals surface area contributed by atoms with E-state index in [0.717, 1.165) is 0 Å². The van der Waals surface area contributed by atoms with Crippen molar-refractivity contribution < 1.29 is 19.1 Å². The minimum Gasteiger partial charge on any atom is -0.452 e. The Morgan fingerprint density at radius 1 is 1.16 bits per heavy atom. The van der Waals surface area contributed by atoms with Crippen LogP contribution < -0.4 is 10.6 Å². The average molecular weight is 362 g/mol. The quantitative estimate of drug-likeness (QED) is 0.607. The first-order chi connectivity index (χ1) is 12.0. The van der Waals surface area contributed by atoms with Crippen LogP contribution in [0, 0.1) is 0 Å². The highest BCUT2D eigenvalue weighted by molar-refractivity contribution is 6.29. The van der Waals surface area contributed by atoms with Crippen LogP contribution in [0.1, 0.15) is 27.6 Å². The molecule has 0 atom stereocenters. The van der Waals surface area contributed by atoms with Crippen LogP contribution in [0.15, 0.2) is 42.6 Å². The first kappa shape index (κ1) is 18.4. The lowest BCUT2D eigenvalue weighted by molar-refractivity contribution is -0.119. The lowest BCUT2D eigenvalue weighted by Gasteiger charge is -2.08. The fraction of sp³-hybridized carbons (Fsp3) is 0.176. The van der Waals surface area contributed by atoms with E-state index < -0.39 is 18.5 Å². The maximum atomic E-state index is 11.9. The molecule has 2 amide bonds. The minimum atomic E-state index is -0.685. The number of hydrogen-bond donors (Lipinski definition) is 2. The van der Waals surface area contributed by atoms with Gasteiger partial charge in [-0.2, -0.15) is 0 Å². The van der Waals surface area contributed by atoms with E-state index in [9.17, 15) is 14.4 Å². The predicted molar refractivity (Wildman–Crippen MR) is 92.6 cm³/mol. The summed E-state index contributed by atoms with van der Waals surface area (Å²) in [6, 6.07) is 9.34. The number of aromatic nitrogens is 1. The predicted octanol–water partition coefficient (Wildman–Crippen LogP) is 2.28. The van der Waals surface area contributed by atoms with Crippen LogP contribution in [0.3, 0.4) is 0 Å². The minimum absolute atomic E-state index is 0.190. The van der Waals surface area contributed by atoms with Crippen molar-refractivity contribution >= 4 is 35.1 Å². The number of carbonyl (C=O) groups excluding carboxylic acids is 3. The van der Waals surface area contributed by atoms with Crippen molar-refractivity contribution in [1.82, 2.24) is 10.3 Å². The normalized spacial score (nSPS) is 10.0. The molecule has 0 saturated carbocycles. The van der Waals surface area contributed by atoms with Crippen molar-refractivity contribution in [1.29, 1.82) is 0 Å². The Hall–Kier alpha value is -2.93. The molecule has 7 nitrogen and oxygen atoms in total. The number of carbonyl (C=O) groups is 3. The van der Waals surface area contributed by atoms with Crippen molar-refractivity contribution in [2.24, 2.45) is 0 Å². The molecular weight excluding hydrogens is 346 g/mol. The lowest BCUT2D eigenvalue weighted by Crippen LogP contribution is -2.23. The highest BCUT2D eigenvalue weighted by Gasteiger charge is 2.12. The molecule has 0 aliphatic rings. The monoisotopic (exact) mass is 361 g/mol. The molecule has 1 aromatic heterocycles. The third-order valence-corrected chi connectivity index (χ3v) is 3.27. The number of ether oxygens (including phenoxy) is 1. The van der Waals surface area contributed by atoms with E-state index in [4.69, 9.17) is 16.3 Å². The number of hydrogen-bond acceptors (Lipinski definition) is 5. The summed E-state index contributed by atoms with van der Waals surface area (Å²) in [5.74, 6) is -1.45. The zero-order chi connectivity index (χ0) is 18.2. The molecule has 1 aromatic carbocycles. The van der Waals surface area contributed by atoms with Gasteiger partial charge < -0.3 is 15.4 Å². The standard InChI is InChI=1S/C17H16ClN3O4/c1-2-19-16(23)11-4-3-5-13(8-11)21-15(22)10-25-17(24)12-6-7-14(18)20-9-12/h3-9H,2,10H2,1H3,(H,19,23)(H,21,22). The van der Waals surface area contributed by atoms with Crippen molar-refractivity contribution in [3.8, 4) is 0 Å². The van der Waals surface area contributed by atoms with Gasteiger partial charge in [-0.15, -0.1) is 0 Å². The number of halogens is 1. The van der Waals surface area contributed by atoms with E-state index in [-0.39, 0.29) is 16.6 Å². The van der Waals surface area contributed by atoms with Crippen molar-refractivity contribution in [2.45, 2.75) is 6.92 Å². The largest absolute Gasteiger partial charge is 0.452 e. The van der Waals surface area contributed by atoms with E-state index in [2.05, 4.69) is 15.6 Å². The fourth-order valence-corrected chi connectivity index (χ4v) is 2.02. The lowest BCUT2D eigenvalue weighted by atomic mass is 10.2. The first-order valence-corrected chi connectivity index (χ1v) is 7.84. The number of nitrogens with zero attached hydrogens (tertiary/aromatic N) is 1. The van der Waals surface area contributed by atoms with Gasteiger partial charge in [0.05, 0.1) is 5.56 Å². The van der Waals surface area contributed by atoms with Gasteiger partial charge >= 0.3 is 5.97 Å². The maximum absolute atomic E-state index is 11.9. The summed E-state index contributed by atoms with van der Waals surface area (Å²) in [7, 11) is 0. The second-order valence-corrected chi connectivity index (χ2v) is 5.32. The molecule has 0 unspecified atom stereocenters. The number of nitrogens with one attached hydrogen (secondary N) is 2.